The number of nitrogens with two attached hydrogens (primary N) is 1. The molecule has 1 aromatic heterocycles. The number of ether oxygens (including phenoxy) is 6. The van der Waals surface area contributed by atoms with Gasteiger partial charge in [-0.15, -0.1) is 0 Å². The maximum absolute atomic E-state index is 15.1. The van der Waals surface area contributed by atoms with Gasteiger partial charge in [0.2, 0.25) is 0 Å². The van der Waals surface area contributed by atoms with Gasteiger partial charge in [0.05, 0.1) is 62.1 Å². The zero-order chi connectivity index (χ0) is 94.5. The van der Waals surface area contributed by atoms with Gasteiger partial charge in [-0.3, -0.25) is 0 Å². The summed E-state index contributed by atoms with van der Waals surface area (Å²) in [4.78, 5) is 4.51. The van der Waals surface area contributed by atoms with Gasteiger partial charge in [-0.1, -0.05) is 97.1 Å². The summed E-state index contributed by atoms with van der Waals surface area (Å²) in [7, 11) is 0. The molecule has 686 valence electrons. The topological polar surface area (TPSA) is 143 Å². The number of fused-ring (bicyclic) bond motifs is 1. The first-order chi connectivity index (χ1) is 62.5. The third-order valence-electron chi connectivity index (χ3n) is 20.7. The maximum Gasteiger partial charge on any atom is 0.419 e. The number of para-hydroxylation sites is 4. The highest BCUT2D eigenvalue weighted by Crippen LogP contribution is 2.50. The minimum atomic E-state index is -5.42. The van der Waals surface area contributed by atoms with Gasteiger partial charge in [0.1, 0.15) is 120 Å². The lowest BCUT2D eigenvalue weighted by atomic mass is 9.90. The van der Waals surface area contributed by atoms with E-state index in [4.69, 9.17) is 44.4 Å². The van der Waals surface area contributed by atoms with Crippen LogP contribution in [0, 0.1) is 45.7 Å². The highest BCUT2D eigenvalue weighted by atomic mass is 19.4. The number of hydrogen-bond acceptors (Lipinski definition) is 13. The van der Waals surface area contributed by atoms with E-state index >= 15 is 26.3 Å². The fourth-order valence-electron chi connectivity index (χ4n) is 14.2. The van der Waals surface area contributed by atoms with Crippen LogP contribution in [0.3, 0.4) is 0 Å². The second kappa shape index (κ2) is 37.9. The summed E-state index contributed by atoms with van der Waals surface area (Å²) in [6.07, 6.45) is -32.5. The molecule has 13 aromatic carbocycles. The number of nitrogens with one attached hydrogen (secondary N) is 2. The third kappa shape index (κ3) is 21.8. The van der Waals surface area contributed by atoms with Crippen molar-refractivity contribution in [2.45, 2.75) is 43.6 Å². The van der Waals surface area contributed by atoms with Crippen molar-refractivity contribution in [3.05, 3.63) is 347 Å². The molecule has 38 heteroatoms. The van der Waals surface area contributed by atoms with Crippen LogP contribution in [0.5, 0.6) is 34.5 Å². The molecule has 14 aromatic rings. The van der Waals surface area contributed by atoms with Gasteiger partial charge in [0.15, 0.2) is 0 Å². The van der Waals surface area contributed by atoms with E-state index in [1.54, 1.807) is 158 Å². The SMILES string of the molecule is Nc1c(NNCC(COc2ccc(F)c(C(F)(F)F)c2)(COc2ccc(F)c(C(F)(F)F)c2)COc2ccc(F)c(C(F)(F)F)c2)c(-c2ccc(N(c3ccccc3)c3ccccc3)cc2)c2nn(CC(COc3ccc(F)c(C(F)(F)F)c3)(COc3ccc(F)c(C(F)(F)F)c3)COc3ccc(F)c(C(F)(F)F)c3)nc2c1-c1ccc(N(c2ccccc2)c2ccccc2)cc1. The van der Waals surface area contributed by atoms with Crippen LogP contribution in [0.25, 0.3) is 33.3 Å². The molecular weight excluding hydrogens is 1790 g/mol. The highest BCUT2D eigenvalue weighted by molar-refractivity contribution is 6.13. The summed E-state index contributed by atoms with van der Waals surface area (Å²) in [6, 6.07) is 55.7. The fourth-order valence-corrected chi connectivity index (χ4v) is 14.2. The van der Waals surface area contributed by atoms with Crippen LogP contribution in [-0.2, 0) is 43.6 Å². The molecule has 0 saturated carbocycles. The zero-order valence-corrected chi connectivity index (χ0v) is 67.5. The molecule has 0 fully saturated rings. The Bertz CT molecular complexity index is 5980. The van der Waals surface area contributed by atoms with Crippen molar-refractivity contribution in [3.63, 3.8) is 0 Å². The number of hydrogen-bond donors (Lipinski definition) is 3. The van der Waals surface area contributed by atoms with E-state index in [9.17, 15) is 79.0 Å². The van der Waals surface area contributed by atoms with E-state index in [-0.39, 0.29) is 81.1 Å². The van der Waals surface area contributed by atoms with Crippen LogP contribution in [0.2, 0.25) is 0 Å². The number of benzene rings is 13. The molecule has 0 spiro atoms. The van der Waals surface area contributed by atoms with Crippen LogP contribution < -0.4 is 54.8 Å². The summed E-state index contributed by atoms with van der Waals surface area (Å²) in [5.74, 6) is -15.6. The molecule has 4 N–H and O–H groups in total. The Labute approximate surface area is 733 Å². The van der Waals surface area contributed by atoms with E-state index in [1.807, 2.05) is 9.80 Å². The van der Waals surface area contributed by atoms with Gasteiger partial charge >= 0.3 is 37.1 Å². The molecule has 0 saturated heterocycles. The molecule has 0 aliphatic heterocycles. The van der Waals surface area contributed by atoms with E-state index < -0.39 is 203 Å². The van der Waals surface area contributed by atoms with Gasteiger partial charge in [0.25, 0.3) is 0 Å². The third-order valence-corrected chi connectivity index (χ3v) is 20.7. The second-order valence-corrected chi connectivity index (χ2v) is 30.1. The lowest BCUT2D eigenvalue weighted by Crippen LogP contribution is -2.49. The number of rotatable bonds is 32. The van der Waals surface area contributed by atoms with Gasteiger partial charge in [-0.25, -0.2) is 31.8 Å². The van der Waals surface area contributed by atoms with E-state index in [0.717, 1.165) is 23.0 Å². The number of nitrogens with zero attached hydrogens (tertiary/aromatic N) is 5. The average molecular weight is 1860 g/mol. The molecule has 0 radical (unpaired) electrons. The Morgan fingerprint density at radius 2 is 0.508 bits per heavy atom. The van der Waals surface area contributed by atoms with Crippen molar-refractivity contribution in [1.29, 1.82) is 0 Å². The van der Waals surface area contributed by atoms with Gasteiger partial charge < -0.3 is 49.4 Å². The summed E-state index contributed by atoms with van der Waals surface area (Å²) in [6.45, 7) is -8.78. The monoisotopic (exact) mass is 1860 g/mol. The Morgan fingerprint density at radius 3 is 0.758 bits per heavy atom. The molecule has 0 amide bonds. The van der Waals surface area contributed by atoms with Crippen molar-refractivity contribution in [2.75, 3.05) is 67.1 Å². The van der Waals surface area contributed by atoms with Crippen LogP contribution in [0.15, 0.2) is 279 Å². The molecule has 1 heterocycles. The van der Waals surface area contributed by atoms with Crippen LogP contribution >= 0.6 is 0 Å². The summed E-state index contributed by atoms with van der Waals surface area (Å²) < 4.78 is 388. The average Bonchev–Trinajstić information content (AvgIpc) is 0.982. The molecule has 0 atom stereocenters. The Balaban J connectivity index is 1.01. The van der Waals surface area contributed by atoms with Crippen LogP contribution in [-0.4, -0.2) is 61.2 Å². The normalized spacial score (nSPS) is 12.4. The van der Waals surface area contributed by atoms with Crippen molar-refractivity contribution in [1.82, 2.24) is 20.4 Å². The van der Waals surface area contributed by atoms with E-state index in [2.05, 4.69) is 10.9 Å². The lowest BCUT2D eigenvalue weighted by molar-refractivity contribution is -0.141. The van der Waals surface area contributed by atoms with Crippen LogP contribution in [0.1, 0.15) is 33.4 Å². The Hall–Kier alpha value is -14.5. The first-order valence-corrected chi connectivity index (χ1v) is 39.2. The Morgan fingerprint density at radius 1 is 0.280 bits per heavy atom. The first-order valence-electron chi connectivity index (χ1n) is 39.2. The predicted octanol–water partition coefficient (Wildman–Crippen LogP) is 26.6. The number of anilines is 8. The fraction of sp³-hybridized carbons (Fsp3) is 0.170. The standard InChI is InChI=1S/C94H66F24N8O6/c95-75-35-29-63(41-69(75)89(101,102)103)127-49-87(50-128-64-30-36-76(96)70(42-64)90(104,105)106,51-129-65-31-37-77(97)71(43-65)91(107,108)109)47-120-121-84-82(56-23-27-62(28-24-56)126(59-17-9-3-10-18-59)60-19-11-4-12-20-60)86-85(81(83(84)119)55-21-25-61(26-22-55)125(57-13-5-1-6-14-57)58-15-7-2-8-16-58)122-124(123-86)48-88(52-130-66-32-38-78(98)72(44-66)92(110,111)112,53-131-67-33-39-79(99)73(45-67)93(113,114)115)54-132-68-34-40-80(100)74(46-68)94(116,117)118/h1-46,120-121H,47-54,119H2. The molecule has 0 unspecified atom stereocenters. The minimum Gasteiger partial charge on any atom is -0.493 e. The molecule has 0 aliphatic carbocycles. The van der Waals surface area contributed by atoms with E-state index in [1.165, 1.54) is 12.1 Å². The van der Waals surface area contributed by atoms with Gasteiger partial charge in [-0.05, 0) is 193 Å². The highest BCUT2D eigenvalue weighted by Gasteiger charge is 2.44. The second-order valence-electron chi connectivity index (χ2n) is 30.1. The van der Waals surface area contributed by atoms with Crippen molar-refractivity contribution in [2.24, 2.45) is 10.8 Å². The number of halogens is 24. The minimum absolute atomic E-state index is 0.0781. The lowest BCUT2D eigenvalue weighted by Gasteiger charge is -2.34. The van der Waals surface area contributed by atoms with E-state index in [0.29, 0.717) is 88.7 Å². The molecule has 0 bridgehead atoms. The molecule has 14 rings (SSSR count). The maximum atomic E-state index is 15.1. The smallest absolute Gasteiger partial charge is 0.419 e. The summed E-state index contributed by atoms with van der Waals surface area (Å²) >= 11 is 0. The van der Waals surface area contributed by atoms with Gasteiger partial charge in [-0.2, -0.15) is 94.0 Å². The summed E-state index contributed by atoms with van der Waals surface area (Å²) in [5, 5.41) is 10.0. The Kier molecular flexibility index (Phi) is 26.9. The number of nitrogen functional groups attached to an aromatic ring is 1. The summed E-state index contributed by atoms with van der Waals surface area (Å²) in [5.41, 5.74) is -0.476. The quantitative estimate of drug-likeness (QED) is 0.0209. The number of alkyl halides is 18. The largest absolute Gasteiger partial charge is 0.493 e. The number of hydrazine groups is 1. The van der Waals surface area contributed by atoms with Crippen molar-refractivity contribution in [3.8, 4) is 56.8 Å². The molecular formula is C94H66F24N8O6. The van der Waals surface area contributed by atoms with Crippen LogP contribution in [0.4, 0.5) is 151 Å². The number of aromatic nitrogens is 3. The molecule has 132 heavy (non-hydrogen) atoms. The zero-order valence-electron chi connectivity index (χ0n) is 67.5. The van der Waals surface area contributed by atoms with Crippen molar-refractivity contribution < 1.29 is 134 Å². The van der Waals surface area contributed by atoms with Crippen molar-refractivity contribution >= 4 is 56.5 Å². The first kappa shape index (κ1) is 93.7. The van der Waals surface area contributed by atoms with Gasteiger partial charge in [0, 0.05) is 51.8 Å². The molecule has 14 nitrogen and oxygen atoms in total. The predicted molar refractivity (Wildman–Crippen MR) is 440 cm³/mol. The molecule has 0 aliphatic rings.